The molecule has 1 heterocycles. The number of hydrazine groups is 1. The van der Waals surface area contributed by atoms with Crippen molar-refractivity contribution < 1.29 is 19.2 Å². The van der Waals surface area contributed by atoms with Crippen LogP contribution in [0, 0.1) is 6.92 Å². The maximum Gasteiger partial charge on any atom is 0.273 e. The Labute approximate surface area is 178 Å². The summed E-state index contributed by atoms with van der Waals surface area (Å²) in [6.07, 6.45) is -0.0368. The molecule has 0 N–H and O–H groups in total. The van der Waals surface area contributed by atoms with Crippen molar-refractivity contribution in [2.75, 3.05) is 0 Å². The number of aryl methyl sites for hydroxylation is 1. The fraction of sp³-hybridized carbons (Fsp3) is 0.238. The molecule has 1 fully saturated rings. The second-order valence-corrected chi connectivity index (χ2v) is 7.60. The standard InChI is InChI=1S/C21H18Cl2N2O4/c1-12-3-5-14(6-4-12)20(28)13(2)24(25-18(26)9-10-19(25)27)21(29)15-7-8-16(22)17(23)11-15/h3-8,11,13H,9-10H2,1-2H3/t13-/m1/s1. The third-order valence-corrected chi connectivity index (χ3v) is 5.44. The van der Waals surface area contributed by atoms with Crippen LogP contribution in [0.15, 0.2) is 42.5 Å². The zero-order chi connectivity index (χ0) is 21.3. The minimum atomic E-state index is -1.09. The summed E-state index contributed by atoms with van der Waals surface area (Å²) in [5, 5.41) is 2.09. The van der Waals surface area contributed by atoms with Crippen molar-refractivity contribution in [3.63, 3.8) is 0 Å². The van der Waals surface area contributed by atoms with Crippen LogP contribution in [0.25, 0.3) is 0 Å². The molecule has 8 heteroatoms. The maximum atomic E-state index is 13.2. The fourth-order valence-corrected chi connectivity index (χ4v) is 3.37. The Morgan fingerprint density at radius 3 is 2.03 bits per heavy atom. The van der Waals surface area contributed by atoms with E-state index in [1.165, 1.54) is 25.1 Å². The molecule has 2 aromatic rings. The van der Waals surface area contributed by atoms with Crippen LogP contribution in [0.5, 0.6) is 0 Å². The van der Waals surface area contributed by atoms with Gasteiger partial charge in [0.15, 0.2) is 5.78 Å². The van der Waals surface area contributed by atoms with Gasteiger partial charge in [0, 0.05) is 24.0 Å². The molecule has 0 bridgehead atoms. The first kappa shape index (κ1) is 21.0. The minimum Gasteiger partial charge on any atom is -0.292 e. The van der Waals surface area contributed by atoms with E-state index < -0.39 is 29.5 Å². The van der Waals surface area contributed by atoms with Crippen LogP contribution < -0.4 is 0 Å². The highest BCUT2D eigenvalue weighted by atomic mass is 35.5. The molecule has 1 aliphatic rings. The van der Waals surface area contributed by atoms with Crippen molar-refractivity contribution in [2.45, 2.75) is 32.7 Å². The van der Waals surface area contributed by atoms with E-state index >= 15 is 0 Å². The normalized spacial score (nSPS) is 14.8. The number of rotatable bonds is 5. The largest absolute Gasteiger partial charge is 0.292 e. The average molecular weight is 433 g/mol. The Hall–Kier alpha value is -2.70. The van der Waals surface area contributed by atoms with Crippen LogP contribution in [-0.2, 0) is 9.59 Å². The second-order valence-electron chi connectivity index (χ2n) is 6.78. The van der Waals surface area contributed by atoms with Gasteiger partial charge in [-0.1, -0.05) is 53.0 Å². The van der Waals surface area contributed by atoms with Gasteiger partial charge in [0.05, 0.1) is 10.0 Å². The lowest BCUT2D eigenvalue weighted by molar-refractivity contribution is -0.154. The predicted molar refractivity (Wildman–Crippen MR) is 109 cm³/mol. The Morgan fingerprint density at radius 1 is 0.931 bits per heavy atom. The number of carbonyl (C=O) groups is 4. The zero-order valence-corrected chi connectivity index (χ0v) is 17.3. The number of imide groups is 1. The third kappa shape index (κ3) is 4.18. The first-order valence-electron chi connectivity index (χ1n) is 8.96. The lowest BCUT2D eigenvalue weighted by atomic mass is 10.0. The highest BCUT2D eigenvalue weighted by molar-refractivity contribution is 6.42. The van der Waals surface area contributed by atoms with Crippen LogP contribution in [0.2, 0.25) is 10.0 Å². The van der Waals surface area contributed by atoms with Gasteiger partial charge in [0.25, 0.3) is 5.91 Å². The molecule has 2 aromatic carbocycles. The molecule has 0 saturated carbocycles. The molecule has 3 amide bonds. The third-order valence-electron chi connectivity index (χ3n) is 4.70. The van der Waals surface area contributed by atoms with Gasteiger partial charge >= 0.3 is 0 Å². The molecular weight excluding hydrogens is 415 g/mol. The maximum absolute atomic E-state index is 13.2. The van der Waals surface area contributed by atoms with Gasteiger partial charge in [-0.25, -0.2) is 5.01 Å². The minimum absolute atomic E-state index is 0.0184. The van der Waals surface area contributed by atoms with Gasteiger partial charge in [-0.05, 0) is 32.0 Å². The number of nitrogens with zero attached hydrogens (tertiary/aromatic N) is 2. The Bertz CT molecular complexity index is 988. The summed E-state index contributed by atoms with van der Waals surface area (Å²) in [7, 11) is 0. The van der Waals surface area contributed by atoms with E-state index in [-0.39, 0.29) is 28.5 Å². The molecule has 0 spiro atoms. The van der Waals surface area contributed by atoms with Crippen molar-refractivity contribution in [3.05, 3.63) is 69.2 Å². The van der Waals surface area contributed by atoms with Crippen molar-refractivity contribution in [1.29, 1.82) is 0 Å². The van der Waals surface area contributed by atoms with Crippen LogP contribution in [-0.4, -0.2) is 39.6 Å². The van der Waals surface area contributed by atoms with E-state index in [1.54, 1.807) is 24.3 Å². The molecule has 1 aliphatic heterocycles. The summed E-state index contributed by atoms with van der Waals surface area (Å²) in [5.41, 5.74) is 1.45. The zero-order valence-electron chi connectivity index (χ0n) is 15.8. The smallest absolute Gasteiger partial charge is 0.273 e. The molecule has 29 heavy (non-hydrogen) atoms. The first-order chi connectivity index (χ1) is 13.7. The lowest BCUT2D eigenvalue weighted by Gasteiger charge is -2.34. The van der Waals surface area contributed by atoms with Crippen molar-refractivity contribution >= 4 is 46.7 Å². The molecule has 0 aromatic heterocycles. The van der Waals surface area contributed by atoms with Gasteiger partial charge in [-0.3, -0.25) is 19.2 Å². The lowest BCUT2D eigenvalue weighted by Crippen LogP contribution is -2.55. The summed E-state index contributed by atoms with van der Waals surface area (Å²) in [6, 6.07) is 9.95. The van der Waals surface area contributed by atoms with Gasteiger partial charge < -0.3 is 0 Å². The van der Waals surface area contributed by atoms with Gasteiger partial charge in [-0.15, -0.1) is 0 Å². The number of halogens is 2. The summed E-state index contributed by atoms with van der Waals surface area (Å²) < 4.78 is 0. The van der Waals surface area contributed by atoms with Crippen LogP contribution in [0.1, 0.15) is 46.0 Å². The van der Waals surface area contributed by atoms with E-state index in [0.29, 0.717) is 5.56 Å². The summed E-state index contributed by atoms with van der Waals surface area (Å²) in [5.74, 6) is -2.16. The van der Waals surface area contributed by atoms with Crippen molar-refractivity contribution in [1.82, 2.24) is 10.0 Å². The van der Waals surface area contributed by atoms with Gasteiger partial charge in [0.2, 0.25) is 11.8 Å². The van der Waals surface area contributed by atoms with Gasteiger partial charge in [0.1, 0.15) is 6.04 Å². The summed E-state index contributed by atoms with van der Waals surface area (Å²) in [4.78, 5) is 51.0. The Morgan fingerprint density at radius 2 is 1.48 bits per heavy atom. The number of carbonyl (C=O) groups excluding carboxylic acids is 4. The SMILES string of the molecule is Cc1ccc(C(=O)[C@@H](C)N(C(=O)c2ccc(Cl)c(Cl)c2)N2C(=O)CCC2=O)cc1. The van der Waals surface area contributed by atoms with Gasteiger partial charge in [-0.2, -0.15) is 5.01 Å². The molecule has 1 atom stereocenters. The van der Waals surface area contributed by atoms with E-state index in [0.717, 1.165) is 15.6 Å². The Balaban J connectivity index is 2.02. The number of benzene rings is 2. The summed E-state index contributed by atoms with van der Waals surface area (Å²) in [6.45, 7) is 3.37. The van der Waals surface area contributed by atoms with E-state index in [2.05, 4.69) is 0 Å². The summed E-state index contributed by atoms with van der Waals surface area (Å²) >= 11 is 11.9. The van der Waals surface area contributed by atoms with Crippen LogP contribution >= 0.6 is 23.2 Å². The quantitative estimate of drug-likeness (QED) is 0.526. The highest BCUT2D eigenvalue weighted by Gasteiger charge is 2.41. The van der Waals surface area contributed by atoms with E-state index in [9.17, 15) is 19.2 Å². The first-order valence-corrected chi connectivity index (χ1v) is 9.71. The monoisotopic (exact) mass is 432 g/mol. The highest BCUT2D eigenvalue weighted by Crippen LogP contribution is 2.26. The average Bonchev–Trinajstić information content (AvgIpc) is 3.02. The molecule has 6 nitrogen and oxygen atoms in total. The second kappa shape index (κ2) is 8.35. The topological polar surface area (TPSA) is 74.8 Å². The number of hydrogen-bond acceptors (Lipinski definition) is 4. The van der Waals surface area contributed by atoms with E-state index in [1.807, 2.05) is 6.92 Å². The molecule has 3 rings (SSSR count). The van der Waals surface area contributed by atoms with Crippen LogP contribution in [0.3, 0.4) is 0 Å². The number of ketones is 1. The number of Topliss-reactive ketones (excluding diaryl/α,β-unsaturated/α-hetero) is 1. The fourth-order valence-electron chi connectivity index (χ4n) is 3.08. The van der Waals surface area contributed by atoms with Crippen LogP contribution in [0.4, 0.5) is 0 Å². The number of hydrogen-bond donors (Lipinski definition) is 0. The Kier molecular flexibility index (Phi) is 6.05. The molecule has 0 unspecified atom stereocenters. The molecule has 1 saturated heterocycles. The number of amides is 3. The van der Waals surface area contributed by atoms with E-state index in [4.69, 9.17) is 23.2 Å². The molecular formula is C21H18Cl2N2O4. The van der Waals surface area contributed by atoms with Crippen molar-refractivity contribution in [2.24, 2.45) is 0 Å². The van der Waals surface area contributed by atoms with Crippen molar-refractivity contribution in [3.8, 4) is 0 Å². The predicted octanol–water partition coefficient (Wildman–Crippen LogP) is 4.08. The molecule has 0 aliphatic carbocycles. The molecule has 150 valence electrons. The molecule has 0 radical (unpaired) electrons.